The topological polar surface area (TPSA) is 59.0 Å². The minimum Gasteiger partial charge on any atom is -0.493 e. The first kappa shape index (κ1) is 14.7. The van der Waals surface area contributed by atoms with Crippen molar-refractivity contribution in [2.75, 3.05) is 26.8 Å². The summed E-state index contributed by atoms with van der Waals surface area (Å²) in [4.78, 5) is 14.2. The second-order valence-electron chi connectivity index (χ2n) is 4.82. The van der Waals surface area contributed by atoms with Crippen LogP contribution in [0.25, 0.3) is 0 Å². The molecule has 1 aromatic carbocycles. The summed E-state index contributed by atoms with van der Waals surface area (Å²) in [6.45, 7) is 3.64. The molecule has 1 heterocycles. The number of aliphatic hydroxyl groups is 1. The number of amides is 1. The van der Waals surface area contributed by atoms with Crippen LogP contribution in [-0.4, -0.2) is 48.8 Å². The largest absolute Gasteiger partial charge is 0.493 e. The third-order valence-electron chi connectivity index (χ3n) is 3.46. The molecule has 1 fully saturated rings. The number of nitrogens with zero attached hydrogens (tertiary/aromatic N) is 1. The zero-order valence-electron chi connectivity index (χ0n) is 12.0. The van der Waals surface area contributed by atoms with Gasteiger partial charge in [-0.2, -0.15) is 0 Å². The van der Waals surface area contributed by atoms with Crippen molar-refractivity contribution in [2.45, 2.75) is 25.9 Å². The lowest BCUT2D eigenvalue weighted by atomic mass is 10.1. The normalized spacial score (nSPS) is 16.1. The van der Waals surface area contributed by atoms with Gasteiger partial charge in [0.15, 0.2) is 11.5 Å². The number of hydrogen-bond acceptors (Lipinski definition) is 4. The summed E-state index contributed by atoms with van der Waals surface area (Å²) in [5, 5.41) is 9.48. The fraction of sp³-hybridized carbons (Fsp3) is 0.533. The molecular weight excluding hydrogens is 258 g/mol. The molecule has 1 aromatic rings. The van der Waals surface area contributed by atoms with Gasteiger partial charge in [-0.25, -0.2) is 0 Å². The monoisotopic (exact) mass is 279 g/mol. The van der Waals surface area contributed by atoms with Crippen molar-refractivity contribution in [3.63, 3.8) is 0 Å². The molecular formula is C15H21NO4. The van der Waals surface area contributed by atoms with Gasteiger partial charge in [0.2, 0.25) is 0 Å². The molecule has 1 amide bonds. The Morgan fingerprint density at radius 3 is 2.65 bits per heavy atom. The molecule has 0 aliphatic carbocycles. The second kappa shape index (κ2) is 6.61. The minimum atomic E-state index is -0.283. The number of carbonyl (C=O) groups is 1. The van der Waals surface area contributed by atoms with Gasteiger partial charge in [-0.05, 0) is 38.0 Å². The summed E-state index contributed by atoms with van der Waals surface area (Å²) in [6, 6.07) is 5.22. The van der Waals surface area contributed by atoms with Gasteiger partial charge in [-0.1, -0.05) is 0 Å². The van der Waals surface area contributed by atoms with Gasteiger partial charge in [0.25, 0.3) is 5.91 Å². The molecule has 110 valence electrons. The van der Waals surface area contributed by atoms with E-state index in [0.717, 1.165) is 0 Å². The highest BCUT2D eigenvalue weighted by molar-refractivity contribution is 5.95. The fourth-order valence-corrected chi connectivity index (χ4v) is 2.33. The maximum absolute atomic E-state index is 12.4. The maximum Gasteiger partial charge on any atom is 0.253 e. The number of benzene rings is 1. The van der Waals surface area contributed by atoms with Crippen molar-refractivity contribution in [1.29, 1.82) is 0 Å². The van der Waals surface area contributed by atoms with Crippen molar-refractivity contribution < 1.29 is 19.4 Å². The van der Waals surface area contributed by atoms with Crippen LogP contribution in [0.2, 0.25) is 0 Å². The number of aliphatic hydroxyl groups excluding tert-OH is 1. The lowest BCUT2D eigenvalue weighted by Gasteiger charge is -2.29. The number of rotatable bonds is 4. The Labute approximate surface area is 119 Å². The fourth-order valence-electron chi connectivity index (χ4n) is 2.33. The van der Waals surface area contributed by atoms with Crippen LogP contribution in [0.5, 0.6) is 11.5 Å². The van der Waals surface area contributed by atoms with Crippen LogP contribution in [-0.2, 0) is 0 Å². The Kier molecular flexibility index (Phi) is 4.84. The van der Waals surface area contributed by atoms with Crippen LogP contribution in [0.4, 0.5) is 0 Å². The zero-order chi connectivity index (χ0) is 14.5. The van der Waals surface area contributed by atoms with Crippen molar-refractivity contribution in [3.8, 4) is 11.5 Å². The van der Waals surface area contributed by atoms with E-state index in [1.165, 1.54) is 0 Å². The van der Waals surface area contributed by atoms with Crippen LogP contribution in [0.15, 0.2) is 18.2 Å². The van der Waals surface area contributed by atoms with E-state index in [-0.39, 0.29) is 12.0 Å². The molecule has 0 atom stereocenters. The average Bonchev–Trinajstić information content (AvgIpc) is 2.48. The standard InChI is InChI=1S/C15H21NO4/c1-3-20-13-5-4-11(10-14(13)19-2)15(18)16-8-6-12(17)7-9-16/h4-5,10,12,17H,3,6-9H2,1-2H3. The predicted molar refractivity (Wildman–Crippen MR) is 75.3 cm³/mol. The van der Waals surface area contributed by atoms with Crippen molar-refractivity contribution in [3.05, 3.63) is 23.8 Å². The summed E-state index contributed by atoms with van der Waals surface area (Å²) in [6.07, 6.45) is 0.994. The molecule has 5 heteroatoms. The van der Waals surface area contributed by atoms with Crippen LogP contribution in [0.3, 0.4) is 0 Å². The number of piperidine rings is 1. The number of methoxy groups -OCH3 is 1. The summed E-state index contributed by atoms with van der Waals surface area (Å²) in [5.41, 5.74) is 0.585. The van der Waals surface area contributed by atoms with Crippen molar-refractivity contribution >= 4 is 5.91 Å². The van der Waals surface area contributed by atoms with Gasteiger partial charge in [0.1, 0.15) is 0 Å². The van der Waals surface area contributed by atoms with E-state index in [0.29, 0.717) is 49.6 Å². The summed E-state index contributed by atoms with van der Waals surface area (Å²) in [5.74, 6) is 1.17. The lowest BCUT2D eigenvalue weighted by molar-refractivity contribution is 0.0546. The van der Waals surface area contributed by atoms with E-state index in [1.807, 2.05) is 6.92 Å². The van der Waals surface area contributed by atoms with E-state index in [1.54, 1.807) is 30.2 Å². The molecule has 20 heavy (non-hydrogen) atoms. The summed E-state index contributed by atoms with van der Waals surface area (Å²) in [7, 11) is 1.56. The van der Waals surface area contributed by atoms with E-state index < -0.39 is 0 Å². The molecule has 0 spiro atoms. The molecule has 0 aromatic heterocycles. The van der Waals surface area contributed by atoms with Gasteiger partial charge < -0.3 is 19.5 Å². The van der Waals surface area contributed by atoms with Gasteiger partial charge >= 0.3 is 0 Å². The highest BCUT2D eigenvalue weighted by Crippen LogP contribution is 2.28. The highest BCUT2D eigenvalue weighted by atomic mass is 16.5. The van der Waals surface area contributed by atoms with Crippen molar-refractivity contribution in [1.82, 2.24) is 4.90 Å². The SMILES string of the molecule is CCOc1ccc(C(=O)N2CCC(O)CC2)cc1OC. The lowest BCUT2D eigenvalue weighted by Crippen LogP contribution is -2.40. The molecule has 5 nitrogen and oxygen atoms in total. The Bertz CT molecular complexity index is 467. The number of ether oxygens (including phenoxy) is 2. The third kappa shape index (κ3) is 3.22. The molecule has 1 saturated heterocycles. The minimum absolute atomic E-state index is 0.0294. The van der Waals surface area contributed by atoms with Crippen molar-refractivity contribution in [2.24, 2.45) is 0 Å². The maximum atomic E-state index is 12.4. The number of likely N-dealkylation sites (tertiary alicyclic amines) is 1. The first-order chi connectivity index (χ1) is 9.65. The molecule has 0 bridgehead atoms. The van der Waals surface area contributed by atoms with E-state index in [2.05, 4.69) is 0 Å². The Morgan fingerprint density at radius 2 is 2.05 bits per heavy atom. The highest BCUT2D eigenvalue weighted by Gasteiger charge is 2.23. The number of carbonyl (C=O) groups excluding carboxylic acids is 1. The Morgan fingerprint density at radius 1 is 1.35 bits per heavy atom. The first-order valence-electron chi connectivity index (χ1n) is 6.94. The second-order valence-corrected chi connectivity index (χ2v) is 4.82. The number of hydrogen-bond donors (Lipinski definition) is 1. The summed E-state index contributed by atoms with van der Waals surface area (Å²) < 4.78 is 10.7. The molecule has 0 unspecified atom stereocenters. The van der Waals surface area contributed by atoms with Gasteiger partial charge in [0, 0.05) is 18.7 Å². The van der Waals surface area contributed by atoms with E-state index in [9.17, 15) is 9.90 Å². The summed E-state index contributed by atoms with van der Waals surface area (Å²) >= 11 is 0. The van der Waals surface area contributed by atoms with Crippen LogP contribution in [0, 0.1) is 0 Å². The van der Waals surface area contributed by atoms with Crippen LogP contribution in [0.1, 0.15) is 30.1 Å². The Balaban J connectivity index is 2.13. The van der Waals surface area contributed by atoms with E-state index >= 15 is 0 Å². The van der Waals surface area contributed by atoms with Gasteiger partial charge in [-0.3, -0.25) is 4.79 Å². The predicted octanol–water partition coefficient (Wildman–Crippen LogP) is 1.69. The molecule has 0 radical (unpaired) electrons. The molecule has 1 N–H and O–H groups in total. The molecule has 1 aliphatic rings. The average molecular weight is 279 g/mol. The van der Waals surface area contributed by atoms with Gasteiger partial charge in [0.05, 0.1) is 19.8 Å². The van der Waals surface area contributed by atoms with Gasteiger partial charge in [-0.15, -0.1) is 0 Å². The van der Waals surface area contributed by atoms with Crippen LogP contribution < -0.4 is 9.47 Å². The quantitative estimate of drug-likeness (QED) is 0.911. The first-order valence-corrected chi connectivity index (χ1v) is 6.94. The molecule has 0 saturated carbocycles. The zero-order valence-corrected chi connectivity index (χ0v) is 12.0. The van der Waals surface area contributed by atoms with E-state index in [4.69, 9.17) is 9.47 Å². The molecule has 1 aliphatic heterocycles. The molecule has 2 rings (SSSR count). The van der Waals surface area contributed by atoms with Crippen LogP contribution >= 0.6 is 0 Å². The smallest absolute Gasteiger partial charge is 0.253 e. The third-order valence-corrected chi connectivity index (χ3v) is 3.46. The Hall–Kier alpha value is -1.75.